The molecule has 1 unspecified atom stereocenters. The standard InChI is InChI=1S/C36H37ClFN3O4S/c1-26-15-21-31(22-16-26)46(44,45)41(33-14-8-7-13-32(33)38)25-35(42)40(24-28-17-19-29(37)20-18-28)34(23-27-9-3-2-4-10-27)36(43)39-30-11-5-6-12-30/h2-4,7-10,13-22,30,34H,5-6,11-12,23-25H2,1H3,(H,39,43). The molecule has 1 fully saturated rings. The molecule has 10 heteroatoms. The number of anilines is 1. The van der Waals surface area contributed by atoms with Crippen molar-refractivity contribution in [3.63, 3.8) is 0 Å². The SMILES string of the molecule is Cc1ccc(S(=O)(=O)N(CC(=O)N(Cc2ccc(Cl)cc2)C(Cc2ccccc2)C(=O)NC2CCCC2)c2ccccc2F)cc1. The minimum absolute atomic E-state index is 0.00127. The Morgan fingerprint density at radius 2 is 1.50 bits per heavy atom. The number of rotatable bonds is 12. The van der Waals surface area contributed by atoms with E-state index in [0.717, 1.165) is 47.2 Å². The third-order valence-electron chi connectivity index (χ3n) is 8.25. The summed E-state index contributed by atoms with van der Waals surface area (Å²) in [5.74, 6) is -1.77. The van der Waals surface area contributed by atoms with E-state index in [2.05, 4.69) is 5.32 Å². The molecule has 46 heavy (non-hydrogen) atoms. The highest BCUT2D eigenvalue weighted by molar-refractivity contribution is 7.92. The van der Waals surface area contributed by atoms with Gasteiger partial charge >= 0.3 is 0 Å². The van der Waals surface area contributed by atoms with Crippen molar-refractivity contribution >= 4 is 39.1 Å². The van der Waals surface area contributed by atoms with Gasteiger partial charge < -0.3 is 10.2 Å². The minimum Gasteiger partial charge on any atom is -0.352 e. The van der Waals surface area contributed by atoms with E-state index in [0.29, 0.717) is 10.6 Å². The normalized spacial score (nSPS) is 14.1. The van der Waals surface area contributed by atoms with Crippen LogP contribution in [0.3, 0.4) is 0 Å². The van der Waals surface area contributed by atoms with Crippen molar-refractivity contribution in [3.05, 3.63) is 131 Å². The summed E-state index contributed by atoms with van der Waals surface area (Å²) in [6, 6.07) is 26.9. The number of hydrogen-bond acceptors (Lipinski definition) is 4. The maximum Gasteiger partial charge on any atom is 0.264 e. The average Bonchev–Trinajstić information content (AvgIpc) is 3.56. The molecule has 0 aromatic heterocycles. The fourth-order valence-corrected chi connectivity index (χ4v) is 7.26. The molecule has 1 aliphatic rings. The van der Waals surface area contributed by atoms with Crippen molar-refractivity contribution in [1.29, 1.82) is 0 Å². The van der Waals surface area contributed by atoms with E-state index < -0.39 is 34.3 Å². The molecule has 240 valence electrons. The molecule has 1 aliphatic carbocycles. The summed E-state index contributed by atoms with van der Waals surface area (Å²) in [6.07, 6.45) is 3.92. The fourth-order valence-electron chi connectivity index (χ4n) is 5.71. The van der Waals surface area contributed by atoms with E-state index in [1.54, 1.807) is 36.4 Å². The van der Waals surface area contributed by atoms with Crippen LogP contribution in [-0.2, 0) is 32.6 Å². The Kier molecular flexibility index (Phi) is 10.8. The highest BCUT2D eigenvalue weighted by atomic mass is 35.5. The van der Waals surface area contributed by atoms with Gasteiger partial charge in [0.1, 0.15) is 18.4 Å². The molecular formula is C36H37ClFN3O4S. The summed E-state index contributed by atoms with van der Waals surface area (Å²) >= 11 is 6.14. The quantitative estimate of drug-likeness (QED) is 0.184. The molecular weight excluding hydrogens is 625 g/mol. The van der Waals surface area contributed by atoms with E-state index >= 15 is 4.39 Å². The van der Waals surface area contributed by atoms with Gasteiger partial charge in [0.2, 0.25) is 11.8 Å². The summed E-state index contributed by atoms with van der Waals surface area (Å²) in [6.45, 7) is 1.10. The number of amides is 2. The second-order valence-corrected chi connectivity index (χ2v) is 13.9. The van der Waals surface area contributed by atoms with Crippen LogP contribution in [-0.4, -0.2) is 43.8 Å². The van der Waals surface area contributed by atoms with Gasteiger partial charge in [-0.05, 0) is 67.3 Å². The van der Waals surface area contributed by atoms with Crippen molar-refractivity contribution in [2.75, 3.05) is 10.8 Å². The van der Waals surface area contributed by atoms with Crippen molar-refractivity contribution in [1.82, 2.24) is 10.2 Å². The monoisotopic (exact) mass is 661 g/mol. The van der Waals surface area contributed by atoms with Gasteiger partial charge in [0.05, 0.1) is 10.6 Å². The number of aryl methyl sites for hydroxylation is 1. The van der Waals surface area contributed by atoms with E-state index in [4.69, 9.17) is 11.6 Å². The summed E-state index contributed by atoms with van der Waals surface area (Å²) < 4.78 is 44.2. The van der Waals surface area contributed by atoms with Crippen LogP contribution in [0.1, 0.15) is 42.4 Å². The summed E-state index contributed by atoms with van der Waals surface area (Å²) in [5.41, 5.74) is 2.11. The average molecular weight is 662 g/mol. The molecule has 4 aromatic carbocycles. The van der Waals surface area contributed by atoms with E-state index in [1.807, 2.05) is 37.3 Å². The molecule has 0 radical (unpaired) electrons. The lowest BCUT2D eigenvalue weighted by Gasteiger charge is -2.34. The van der Waals surface area contributed by atoms with Crippen LogP contribution in [0.4, 0.5) is 10.1 Å². The Morgan fingerprint density at radius 1 is 0.870 bits per heavy atom. The molecule has 0 bridgehead atoms. The van der Waals surface area contributed by atoms with Crippen LogP contribution in [0.25, 0.3) is 0 Å². The van der Waals surface area contributed by atoms with Crippen LogP contribution < -0.4 is 9.62 Å². The lowest BCUT2D eigenvalue weighted by Crippen LogP contribution is -2.54. The first-order valence-corrected chi connectivity index (χ1v) is 17.2. The number of carbonyl (C=O) groups is 2. The molecule has 1 atom stereocenters. The first-order chi connectivity index (χ1) is 22.1. The van der Waals surface area contributed by atoms with Gasteiger partial charge in [-0.3, -0.25) is 13.9 Å². The minimum atomic E-state index is -4.40. The Balaban J connectivity index is 1.57. The number of nitrogens with one attached hydrogen (secondary N) is 1. The lowest BCUT2D eigenvalue weighted by atomic mass is 10.0. The number of nitrogens with zero attached hydrogens (tertiary/aromatic N) is 2. The number of halogens is 2. The Labute approximate surface area is 275 Å². The molecule has 0 heterocycles. The van der Waals surface area contributed by atoms with Gasteiger partial charge in [0, 0.05) is 24.0 Å². The second kappa shape index (κ2) is 14.9. The van der Waals surface area contributed by atoms with E-state index in [-0.39, 0.29) is 35.5 Å². The molecule has 7 nitrogen and oxygen atoms in total. The molecule has 0 aliphatic heterocycles. The highest BCUT2D eigenvalue weighted by Gasteiger charge is 2.36. The largest absolute Gasteiger partial charge is 0.352 e. The molecule has 2 amide bonds. The van der Waals surface area contributed by atoms with E-state index in [9.17, 15) is 18.0 Å². The highest BCUT2D eigenvalue weighted by Crippen LogP contribution is 2.28. The second-order valence-electron chi connectivity index (χ2n) is 11.6. The van der Waals surface area contributed by atoms with Crippen LogP contribution in [0.15, 0.2) is 108 Å². The molecule has 4 aromatic rings. The summed E-state index contributed by atoms with van der Waals surface area (Å²) in [4.78, 5) is 29.9. The van der Waals surface area contributed by atoms with Crippen LogP contribution in [0.5, 0.6) is 0 Å². The number of para-hydroxylation sites is 1. The topological polar surface area (TPSA) is 86.8 Å². The van der Waals surface area contributed by atoms with Crippen molar-refractivity contribution in [2.24, 2.45) is 0 Å². The molecule has 0 saturated heterocycles. The molecule has 5 rings (SSSR count). The van der Waals surface area contributed by atoms with Gasteiger partial charge in [-0.25, -0.2) is 12.8 Å². The Bertz CT molecular complexity index is 1750. The van der Waals surface area contributed by atoms with E-state index in [1.165, 1.54) is 35.2 Å². The first kappa shape index (κ1) is 33.2. The van der Waals surface area contributed by atoms with Gasteiger partial charge in [0.25, 0.3) is 10.0 Å². The number of sulfonamides is 1. The van der Waals surface area contributed by atoms with Crippen molar-refractivity contribution in [2.45, 2.75) is 62.6 Å². The number of benzene rings is 4. The summed E-state index contributed by atoms with van der Waals surface area (Å²) in [5, 5.41) is 3.65. The summed E-state index contributed by atoms with van der Waals surface area (Å²) in [7, 11) is -4.40. The van der Waals surface area contributed by atoms with Crippen LogP contribution >= 0.6 is 11.6 Å². The van der Waals surface area contributed by atoms with Crippen molar-refractivity contribution < 1.29 is 22.4 Å². The number of carbonyl (C=O) groups excluding carboxylic acids is 2. The predicted octanol–water partition coefficient (Wildman–Crippen LogP) is 6.68. The van der Waals surface area contributed by atoms with Gasteiger partial charge in [0.15, 0.2) is 0 Å². The third-order valence-corrected chi connectivity index (χ3v) is 10.3. The maximum absolute atomic E-state index is 15.3. The molecule has 1 saturated carbocycles. The first-order valence-electron chi connectivity index (χ1n) is 15.3. The predicted molar refractivity (Wildman–Crippen MR) is 178 cm³/mol. The zero-order chi connectivity index (χ0) is 32.7. The maximum atomic E-state index is 15.3. The Morgan fingerprint density at radius 3 is 2.15 bits per heavy atom. The fraction of sp³-hybridized carbons (Fsp3) is 0.278. The van der Waals surface area contributed by atoms with Crippen LogP contribution in [0.2, 0.25) is 5.02 Å². The zero-order valence-electron chi connectivity index (χ0n) is 25.6. The zero-order valence-corrected chi connectivity index (χ0v) is 27.2. The van der Waals surface area contributed by atoms with Crippen LogP contribution in [0, 0.1) is 12.7 Å². The van der Waals surface area contributed by atoms with Gasteiger partial charge in [-0.1, -0.05) is 96.7 Å². The van der Waals surface area contributed by atoms with Gasteiger partial charge in [-0.2, -0.15) is 0 Å². The molecule has 1 N–H and O–H groups in total. The molecule has 0 spiro atoms. The van der Waals surface area contributed by atoms with Crippen molar-refractivity contribution in [3.8, 4) is 0 Å². The number of hydrogen-bond donors (Lipinski definition) is 1. The third kappa shape index (κ3) is 8.13. The smallest absolute Gasteiger partial charge is 0.264 e. The van der Waals surface area contributed by atoms with Gasteiger partial charge in [-0.15, -0.1) is 0 Å². The Hall–Kier alpha value is -4.21. The lowest BCUT2D eigenvalue weighted by molar-refractivity contribution is -0.140.